The molecule has 0 bridgehead atoms. The Bertz CT molecular complexity index is 557. The third kappa shape index (κ3) is 2.81. The van der Waals surface area contributed by atoms with Gasteiger partial charge in [0.2, 0.25) is 0 Å². The van der Waals surface area contributed by atoms with E-state index >= 15 is 0 Å². The fourth-order valence-electron chi connectivity index (χ4n) is 1.55. The highest BCUT2D eigenvalue weighted by molar-refractivity contribution is 6.30. The van der Waals surface area contributed by atoms with Crippen LogP contribution in [0.3, 0.4) is 0 Å². The van der Waals surface area contributed by atoms with Crippen LogP contribution >= 0.6 is 11.6 Å². The summed E-state index contributed by atoms with van der Waals surface area (Å²) in [6, 6.07) is 11.8. The average molecular weight is 266 g/mol. The Balaban J connectivity index is 2.28. The van der Waals surface area contributed by atoms with Gasteiger partial charge in [-0.25, -0.2) is 4.39 Å². The molecule has 4 heteroatoms. The van der Waals surface area contributed by atoms with E-state index in [2.05, 4.69) is 0 Å². The van der Waals surface area contributed by atoms with Crippen LogP contribution in [0.2, 0.25) is 5.02 Å². The summed E-state index contributed by atoms with van der Waals surface area (Å²) in [5.41, 5.74) is 6.71. The van der Waals surface area contributed by atoms with Crippen molar-refractivity contribution in [1.29, 1.82) is 0 Å². The molecule has 2 aromatic rings. The molecule has 0 saturated carbocycles. The van der Waals surface area contributed by atoms with Crippen LogP contribution in [0, 0.1) is 5.82 Å². The predicted molar refractivity (Wildman–Crippen MR) is 70.5 cm³/mol. The number of ether oxygens (including phenoxy) is 1. The molecule has 0 aromatic heterocycles. The van der Waals surface area contributed by atoms with Crippen LogP contribution in [-0.4, -0.2) is 0 Å². The van der Waals surface area contributed by atoms with Crippen LogP contribution < -0.4 is 10.5 Å². The minimum Gasteiger partial charge on any atom is -0.454 e. The molecule has 0 saturated heterocycles. The largest absolute Gasteiger partial charge is 0.454 e. The molecule has 1 atom stereocenters. The molecule has 18 heavy (non-hydrogen) atoms. The Morgan fingerprint density at radius 2 is 1.94 bits per heavy atom. The molecule has 2 nitrogen and oxygen atoms in total. The van der Waals surface area contributed by atoms with Gasteiger partial charge in [-0.2, -0.15) is 0 Å². The minimum atomic E-state index is -0.564. The SMILES string of the molecule is CC(N)c1cccc(Oc2cccc(Cl)c2F)c1. The molecular weight excluding hydrogens is 253 g/mol. The monoisotopic (exact) mass is 265 g/mol. The lowest BCUT2D eigenvalue weighted by Crippen LogP contribution is -2.04. The van der Waals surface area contributed by atoms with Crippen LogP contribution in [-0.2, 0) is 0 Å². The van der Waals surface area contributed by atoms with Crippen molar-refractivity contribution < 1.29 is 9.13 Å². The fraction of sp³-hybridized carbons (Fsp3) is 0.143. The summed E-state index contributed by atoms with van der Waals surface area (Å²) in [7, 11) is 0. The Hall–Kier alpha value is -1.58. The Kier molecular flexibility index (Phi) is 3.84. The second kappa shape index (κ2) is 5.38. The van der Waals surface area contributed by atoms with Crippen molar-refractivity contribution in [2.75, 3.05) is 0 Å². The molecule has 2 aromatic carbocycles. The summed E-state index contributed by atoms with van der Waals surface area (Å²) >= 11 is 5.69. The summed E-state index contributed by atoms with van der Waals surface area (Å²) < 4.78 is 19.1. The lowest BCUT2D eigenvalue weighted by molar-refractivity contribution is 0.441. The Labute approximate surface area is 110 Å². The van der Waals surface area contributed by atoms with E-state index in [0.29, 0.717) is 5.75 Å². The van der Waals surface area contributed by atoms with Gasteiger partial charge >= 0.3 is 0 Å². The maximum Gasteiger partial charge on any atom is 0.184 e. The van der Waals surface area contributed by atoms with E-state index in [4.69, 9.17) is 22.1 Å². The van der Waals surface area contributed by atoms with Crippen LogP contribution in [0.25, 0.3) is 0 Å². The highest BCUT2D eigenvalue weighted by atomic mass is 35.5. The van der Waals surface area contributed by atoms with Crippen molar-refractivity contribution in [3.05, 3.63) is 58.9 Å². The van der Waals surface area contributed by atoms with Crippen molar-refractivity contribution in [1.82, 2.24) is 0 Å². The third-order valence-electron chi connectivity index (χ3n) is 2.53. The normalized spacial score (nSPS) is 12.2. The van der Waals surface area contributed by atoms with Crippen LogP contribution in [0.1, 0.15) is 18.5 Å². The number of rotatable bonds is 3. The van der Waals surface area contributed by atoms with Gasteiger partial charge in [0, 0.05) is 6.04 Å². The summed E-state index contributed by atoms with van der Waals surface area (Å²) in [5.74, 6) is 0.0701. The highest BCUT2D eigenvalue weighted by Crippen LogP contribution is 2.29. The Morgan fingerprint density at radius 3 is 2.67 bits per heavy atom. The van der Waals surface area contributed by atoms with Crippen LogP contribution in [0.15, 0.2) is 42.5 Å². The molecule has 2 rings (SSSR count). The minimum absolute atomic E-state index is 0.0378. The second-order valence-electron chi connectivity index (χ2n) is 4.02. The molecule has 0 spiro atoms. The van der Waals surface area contributed by atoms with Crippen LogP contribution in [0.4, 0.5) is 4.39 Å². The van der Waals surface area contributed by atoms with Crippen molar-refractivity contribution in [2.24, 2.45) is 5.73 Å². The maximum atomic E-state index is 13.7. The van der Waals surface area contributed by atoms with E-state index in [1.165, 1.54) is 12.1 Å². The number of benzene rings is 2. The Morgan fingerprint density at radius 1 is 1.22 bits per heavy atom. The van der Waals surface area contributed by atoms with Gasteiger partial charge in [0.15, 0.2) is 11.6 Å². The van der Waals surface area contributed by atoms with Gasteiger partial charge < -0.3 is 10.5 Å². The molecule has 0 aliphatic heterocycles. The molecule has 2 N–H and O–H groups in total. The van der Waals surface area contributed by atoms with Gasteiger partial charge in [0.1, 0.15) is 5.75 Å². The average Bonchev–Trinajstić information content (AvgIpc) is 2.35. The van der Waals surface area contributed by atoms with E-state index in [1.54, 1.807) is 18.2 Å². The third-order valence-corrected chi connectivity index (χ3v) is 2.82. The van der Waals surface area contributed by atoms with Gasteiger partial charge in [-0.3, -0.25) is 0 Å². The van der Waals surface area contributed by atoms with Crippen molar-refractivity contribution >= 4 is 11.6 Å². The zero-order valence-electron chi connectivity index (χ0n) is 9.86. The molecule has 0 fully saturated rings. The molecule has 0 aliphatic carbocycles. The number of nitrogens with two attached hydrogens (primary N) is 1. The van der Waals surface area contributed by atoms with Gasteiger partial charge in [0.25, 0.3) is 0 Å². The molecule has 0 radical (unpaired) electrons. The molecule has 0 heterocycles. The predicted octanol–water partition coefficient (Wildman–Crippen LogP) is 4.29. The summed E-state index contributed by atoms with van der Waals surface area (Å²) in [4.78, 5) is 0. The van der Waals surface area contributed by atoms with Gasteiger partial charge in [-0.1, -0.05) is 29.8 Å². The highest BCUT2D eigenvalue weighted by Gasteiger charge is 2.09. The molecule has 0 amide bonds. The number of hydrogen-bond acceptors (Lipinski definition) is 2. The number of hydrogen-bond donors (Lipinski definition) is 1. The summed E-state index contributed by atoms with van der Waals surface area (Å²) in [6.45, 7) is 1.87. The van der Waals surface area contributed by atoms with E-state index < -0.39 is 5.82 Å². The van der Waals surface area contributed by atoms with E-state index in [-0.39, 0.29) is 16.8 Å². The summed E-state index contributed by atoms with van der Waals surface area (Å²) in [6.07, 6.45) is 0. The van der Waals surface area contributed by atoms with E-state index in [0.717, 1.165) is 5.56 Å². The van der Waals surface area contributed by atoms with Crippen molar-refractivity contribution in [3.63, 3.8) is 0 Å². The molecular formula is C14H13ClFNO. The molecule has 94 valence electrons. The molecule has 0 aliphatic rings. The quantitative estimate of drug-likeness (QED) is 0.898. The van der Waals surface area contributed by atoms with Gasteiger partial charge in [-0.05, 0) is 36.8 Å². The summed E-state index contributed by atoms with van der Waals surface area (Å²) in [5, 5.41) is 0.0378. The maximum absolute atomic E-state index is 13.7. The van der Waals surface area contributed by atoms with Crippen LogP contribution in [0.5, 0.6) is 11.5 Å². The zero-order valence-corrected chi connectivity index (χ0v) is 10.6. The second-order valence-corrected chi connectivity index (χ2v) is 4.42. The van der Waals surface area contributed by atoms with Gasteiger partial charge in [-0.15, -0.1) is 0 Å². The van der Waals surface area contributed by atoms with Crippen molar-refractivity contribution in [3.8, 4) is 11.5 Å². The first kappa shape index (κ1) is 12.9. The van der Waals surface area contributed by atoms with E-state index in [9.17, 15) is 4.39 Å². The lowest BCUT2D eigenvalue weighted by Gasteiger charge is -2.10. The standard InChI is InChI=1S/C14H13ClFNO/c1-9(17)10-4-2-5-11(8-10)18-13-7-3-6-12(15)14(13)16/h2-9H,17H2,1H3. The number of halogens is 2. The van der Waals surface area contributed by atoms with E-state index in [1.807, 2.05) is 19.1 Å². The first-order chi connectivity index (χ1) is 8.58. The fourth-order valence-corrected chi connectivity index (χ4v) is 1.72. The first-order valence-electron chi connectivity index (χ1n) is 5.55. The topological polar surface area (TPSA) is 35.2 Å². The molecule has 1 unspecified atom stereocenters. The van der Waals surface area contributed by atoms with Crippen molar-refractivity contribution in [2.45, 2.75) is 13.0 Å². The first-order valence-corrected chi connectivity index (χ1v) is 5.93. The zero-order chi connectivity index (χ0) is 13.1. The van der Waals surface area contributed by atoms with Gasteiger partial charge in [0.05, 0.1) is 5.02 Å². The lowest BCUT2D eigenvalue weighted by atomic mass is 10.1. The smallest absolute Gasteiger partial charge is 0.184 e.